The minimum absolute atomic E-state index is 0.618. The molecule has 0 amide bonds. The van der Waals surface area contributed by atoms with Crippen LogP contribution in [0.5, 0.6) is 5.75 Å². The second-order valence-electron chi connectivity index (χ2n) is 8.48. The molecule has 3 aromatic rings. The lowest BCUT2D eigenvalue weighted by Crippen LogP contribution is -2.25. The van der Waals surface area contributed by atoms with E-state index in [1.807, 2.05) is 18.2 Å². The van der Waals surface area contributed by atoms with Gasteiger partial charge in [0.15, 0.2) is 0 Å². The van der Waals surface area contributed by atoms with Gasteiger partial charge in [0.2, 0.25) is 0 Å². The molecule has 0 aliphatic carbocycles. The molecule has 0 spiro atoms. The molecule has 4 nitrogen and oxygen atoms in total. The summed E-state index contributed by atoms with van der Waals surface area (Å²) in [6, 6.07) is 24.9. The molecule has 3 aromatic carbocycles. The molecule has 0 bridgehead atoms. The summed E-state index contributed by atoms with van der Waals surface area (Å²) >= 11 is 0. The fourth-order valence-electron chi connectivity index (χ4n) is 4.55. The Bertz CT molecular complexity index is 1100. The van der Waals surface area contributed by atoms with Crippen LogP contribution in [-0.4, -0.2) is 37.4 Å². The van der Waals surface area contributed by atoms with E-state index in [0.29, 0.717) is 12.3 Å². The summed E-state index contributed by atoms with van der Waals surface area (Å²) in [5.41, 5.74) is 13.3. The van der Waals surface area contributed by atoms with Crippen molar-refractivity contribution in [2.75, 3.05) is 32.0 Å². The van der Waals surface area contributed by atoms with Gasteiger partial charge in [-0.05, 0) is 84.5 Å². The number of nitrogens with zero attached hydrogens (tertiary/aromatic N) is 1. The molecule has 0 unspecified atom stereocenters. The zero-order valence-corrected chi connectivity index (χ0v) is 19.4. The van der Waals surface area contributed by atoms with Gasteiger partial charge < -0.3 is 15.9 Å². The Morgan fingerprint density at radius 2 is 1.64 bits per heavy atom. The minimum atomic E-state index is 0.618. The lowest BCUT2D eigenvalue weighted by atomic mass is 9.87. The smallest absolute Gasteiger partial charge is 0.119 e. The first-order valence-electron chi connectivity index (χ1n) is 11.8. The summed E-state index contributed by atoms with van der Waals surface area (Å²) in [6.07, 6.45) is 4.81. The zero-order chi connectivity index (χ0) is 23.0. The van der Waals surface area contributed by atoms with Crippen LogP contribution in [0.2, 0.25) is 0 Å². The summed E-state index contributed by atoms with van der Waals surface area (Å²) in [5, 5.41) is 7.76. The lowest BCUT2D eigenvalue weighted by molar-refractivity contribution is 0.238. The molecule has 4 rings (SSSR count). The fourth-order valence-corrected chi connectivity index (χ4v) is 4.55. The van der Waals surface area contributed by atoms with E-state index in [2.05, 4.69) is 66.4 Å². The Morgan fingerprint density at radius 3 is 2.30 bits per heavy atom. The Kier molecular flexibility index (Phi) is 7.59. The molecule has 33 heavy (non-hydrogen) atoms. The number of nitrogens with one attached hydrogen (secondary N) is 1. The molecule has 1 heterocycles. The molecule has 0 atom stereocenters. The predicted octanol–water partition coefficient (Wildman–Crippen LogP) is 6.11. The largest absolute Gasteiger partial charge is 0.492 e. The third-order valence-corrected chi connectivity index (χ3v) is 6.33. The van der Waals surface area contributed by atoms with Crippen LogP contribution in [0.1, 0.15) is 48.4 Å². The van der Waals surface area contributed by atoms with Crippen LogP contribution in [0, 0.1) is 5.41 Å². The van der Waals surface area contributed by atoms with Gasteiger partial charge in [-0.15, -0.1) is 0 Å². The van der Waals surface area contributed by atoms with Crippen molar-refractivity contribution in [1.82, 2.24) is 4.90 Å². The van der Waals surface area contributed by atoms with Crippen LogP contribution in [0.25, 0.3) is 11.1 Å². The number of nitrogen functional groups attached to an aromatic ring is 1. The third kappa shape index (κ3) is 5.52. The second-order valence-corrected chi connectivity index (χ2v) is 8.48. The minimum Gasteiger partial charge on any atom is -0.492 e. The van der Waals surface area contributed by atoms with Crippen molar-refractivity contribution in [3.8, 4) is 5.75 Å². The van der Waals surface area contributed by atoms with Crippen molar-refractivity contribution in [1.29, 1.82) is 5.41 Å². The number of ether oxygens (including phenoxy) is 1. The van der Waals surface area contributed by atoms with E-state index >= 15 is 0 Å². The number of likely N-dealkylation sites (tertiary alicyclic amines) is 1. The summed E-state index contributed by atoms with van der Waals surface area (Å²) < 4.78 is 6.03. The Labute approximate surface area is 197 Å². The molecule has 1 saturated heterocycles. The Hall–Kier alpha value is -3.37. The number of rotatable bonds is 9. The first-order chi connectivity index (χ1) is 16.2. The fraction of sp³-hybridized carbons (Fsp3) is 0.276. The van der Waals surface area contributed by atoms with E-state index in [1.54, 1.807) is 0 Å². The number of allylic oxidation sites excluding steroid dienone is 1. The van der Waals surface area contributed by atoms with Gasteiger partial charge in [-0.2, -0.15) is 0 Å². The van der Waals surface area contributed by atoms with Crippen LogP contribution in [0.4, 0.5) is 5.69 Å². The first-order valence-corrected chi connectivity index (χ1v) is 11.8. The normalized spacial score (nSPS) is 14.7. The van der Waals surface area contributed by atoms with Gasteiger partial charge >= 0.3 is 0 Å². The van der Waals surface area contributed by atoms with Gasteiger partial charge in [-0.3, -0.25) is 4.90 Å². The summed E-state index contributed by atoms with van der Waals surface area (Å²) in [5.74, 6) is 0.896. The second kappa shape index (κ2) is 11.0. The highest BCUT2D eigenvalue weighted by Crippen LogP contribution is 2.36. The highest BCUT2D eigenvalue weighted by molar-refractivity contribution is 6.00. The van der Waals surface area contributed by atoms with Crippen LogP contribution in [-0.2, 0) is 0 Å². The maximum Gasteiger partial charge on any atom is 0.119 e. The van der Waals surface area contributed by atoms with Crippen LogP contribution in [0.15, 0.2) is 72.8 Å². The summed E-state index contributed by atoms with van der Waals surface area (Å²) in [6.45, 7) is 6.27. The SMILES string of the molecule is CC/C(=C(/c1ccc(OCCN2CCCC2)cc1)c1ccc(N)c(C=N)c1)c1ccccc1. The van der Waals surface area contributed by atoms with E-state index in [-0.39, 0.29) is 0 Å². The van der Waals surface area contributed by atoms with Gasteiger partial charge in [0.1, 0.15) is 12.4 Å². The van der Waals surface area contributed by atoms with Crippen LogP contribution >= 0.6 is 0 Å². The maximum absolute atomic E-state index is 7.76. The average Bonchev–Trinajstić information content (AvgIpc) is 3.38. The monoisotopic (exact) mass is 439 g/mol. The van der Waals surface area contributed by atoms with Gasteiger partial charge in [0.05, 0.1) is 0 Å². The zero-order valence-electron chi connectivity index (χ0n) is 19.4. The first kappa shape index (κ1) is 22.8. The topological polar surface area (TPSA) is 62.3 Å². The molecule has 0 aromatic heterocycles. The molecule has 1 aliphatic heterocycles. The molecule has 170 valence electrons. The highest BCUT2D eigenvalue weighted by atomic mass is 16.5. The van der Waals surface area contributed by atoms with E-state index < -0.39 is 0 Å². The van der Waals surface area contributed by atoms with E-state index in [4.69, 9.17) is 15.9 Å². The van der Waals surface area contributed by atoms with E-state index in [9.17, 15) is 0 Å². The number of nitrogens with two attached hydrogens (primary N) is 1. The summed E-state index contributed by atoms with van der Waals surface area (Å²) in [4.78, 5) is 2.46. The molecule has 1 aliphatic rings. The highest BCUT2D eigenvalue weighted by Gasteiger charge is 2.15. The maximum atomic E-state index is 7.76. The molecule has 0 saturated carbocycles. The Morgan fingerprint density at radius 1 is 0.939 bits per heavy atom. The van der Waals surface area contributed by atoms with Crippen LogP contribution in [0.3, 0.4) is 0 Å². The van der Waals surface area contributed by atoms with E-state index in [1.165, 1.54) is 43.3 Å². The van der Waals surface area contributed by atoms with Gasteiger partial charge in [0, 0.05) is 24.0 Å². The van der Waals surface area contributed by atoms with Crippen molar-refractivity contribution in [3.05, 3.63) is 95.1 Å². The van der Waals surface area contributed by atoms with Gasteiger partial charge in [0.25, 0.3) is 0 Å². The average molecular weight is 440 g/mol. The number of hydrogen-bond donors (Lipinski definition) is 2. The van der Waals surface area contributed by atoms with Gasteiger partial charge in [-0.1, -0.05) is 55.5 Å². The predicted molar refractivity (Wildman–Crippen MR) is 139 cm³/mol. The van der Waals surface area contributed by atoms with Crippen molar-refractivity contribution in [2.45, 2.75) is 26.2 Å². The molecule has 3 N–H and O–H groups in total. The van der Waals surface area contributed by atoms with Crippen molar-refractivity contribution >= 4 is 23.0 Å². The molecular weight excluding hydrogens is 406 g/mol. The van der Waals surface area contributed by atoms with Crippen molar-refractivity contribution in [3.63, 3.8) is 0 Å². The van der Waals surface area contributed by atoms with Crippen LogP contribution < -0.4 is 10.5 Å². The lowest BCUT2D eigenvalue weighted by Gasteiger charge is -2.18. The number of benzene rings is 3. The standard InChI is InChI=1S/C29H33N3O/c1-2-27(22-8-4-3-5-9-22)29(24-12-15-28(31)25(20-24)21-30)23-10-13-26(14-11-23)33-19-18-32-16-6-7-17-32/h3-5,8-15,20-21,30H,2,6-7,16-19,31H2,1H3/b29-27+,30-21?. The number of anilines is 1. The van der Waals surface area contributed by atoms with Crippen molar-refractivity contribution in [2.24, 2.45) is 0 Å². The molecule has 0 radical (unpaired) electrons. The third-order valence-electron chi connectivity index (χ3n) is 6.33. The molecule has 4 heteroatoms. The molecular formula is C29H33N3O. The van der Waals surface area contributed by atoms with Gasteiger partial charge in [-0.25, -0.2) is 0 Å². The van der Waals surface area contributed by atoms with Crippen molar-refractivity contribution < 1.29 is 4.74 Å². The quantitative estimate of drug-likeness (QED) is 0.240. The summed E-state index contributed by atoms with van der Waals surface area (Å²) in [7, 11) is 0. The molecule has 1 fully saturated rings. The Balaban J connectivity index is 1.67. The van der Waals surface area contributed by atoms with E-state index in [0.717, 1.165) is 41.0 Å². The number of hydrogen-bond acceptors (Lipinski definition) is 4.